The zero-order valence-electron chi connectivity index (χ0n) is 11.1. The van der Waals surface area contributed by atoms with E-state index in [4.69, 9.17) is 4.74 Å². The van der Waals surface area contributed by atoms with Gasteiger partial charge in [-0.25, -0.2) is 4.79 Å². The molecule has 3 heteroatoms. The first kappa shape index (κ1) is 12.0. The van der Waals surface area contributed by atoms with Gasteiger partial charge >= 0.3 is 5.97 Å². The predicted octanol–water partition coefficient (Wildman–Crippen LogP) is 2.21. The van der Waals surface area contributed by atoms with Gasteiger partial charge < -0.3 is 9.84 Å². The fourth-order valence-corrected chi connectivity index (χ4v) is 4.00. The van der Waals surface area contributed by atoms with Gasteiger partial charge in [0.25, 0.3) is 0 Å². The van der Waals surface area contributed by atoms with Gasteiger partial charge in [-0.1, -0.05) is 25.5 Å². The molecule has 4 aliphatic rings. The third-order valence-electron chi connectivity index (χ3n) is 4.82. The Morgan fingerprint density at radius 2 is 2.17 bits per heavy atom. The molecule has 0 aromatic rings. The summed E-state index contributed by atoms with van der Waals surface area (Å²) in [4.78, 5) is 11.5. The lowest BCUT2D eigenvalue weighted by atomic mass is 9.60. The van der Waals surface area contributed by atoms with E-state index in [1.165, 1.54) is 11.6 Å². The fourth-order valence-electron chi connectivity index (χ4n) is 4.00. The van der Waals surface area contributed by atoms with Crippen molar-refractivity contribution in [1.29, 1.82) is 0 Å². The molecule has 3 aliphatic carbocycles. The summed E-state index contributed by atoms with van der Waals surface area (Å²) in [6, 6.07) is 0. The van der Waals surface area contributed by atoms with Gasteiger partial charge in [-0.2, -0.15) is 0 Å². The molecule has 4 atom stereocenters. The van der Waals surface area contributed by atoms with Crippen LogP contribution >= 0.6 is 0 Å². The van der Waals surface area contributed by atoms with Crippen molar-refractivity contribution < 1.29 is 14.6 Å². The first-order valence-electron chi connectivity index (χ1n) is 6.67. The van der Waals surface area contributed by atoms with Crippen molar-refractivity contribution >= 4 is 5.97 Å². The zero-order chi connectivity index (χ0) is 13.1. The van der Waals surface area contributed by atoms with Crippen LogP contribution in [0.15, 0.2) is 23.3 Å². The van der Waals surface area contributed by atoms with Gasteiger partial charge in [0.05, 0.1) is 6.10 Å². The van der Waals surface area contributed by atoms with Crippen LogP contribution in [0.3, 0.4) is 0 Å². The van der Waals surface area contributed by atoms with Crippen LogP contribution in [0.2, 0.25) is 0 Å². The van der Waals surface area contributed by atoms with Crippen LogP contribution in [0.5, 0.6) is 0 Å². The van der Waals surface area contributed by atoms with Crippen molar-refractivity contribution in [3.63, 3.8) is 0 Å². The summed E-state index contributed by atoms with van der Waals surface area (Å²) in [7, 11) is 0. The third-order valence-corrected chi connectivity index (χ3v) is 4.82. The Bertz CT molecular complexity index is 458. The van der Waals surface area contributed by atoms with Gasteiger partial charge in [0.15, 0.2) is 0 Å². The van der Waals surface area contributed by atoms with Gasteiger partial charge in [0.1, 0.15) is 6.10 Å². The van der Waals surface area contributed by atoms with E-state index in [9.17, 15) is 9.90 Å². The van der Waals surface area contributed by atoms with Gasteiger partial charge in [-0.05, 0) is 31.1 Å². The Morgan fingerprint density at radius 3 is 2.83 bits per heavy atom. The molecule has 3 nitrogen and oxygen atoms in total. The summed E-state index contributed by atoms with van der Waals surface area (Å²) in [5.41, 5.74) is 2.27. The number of hydrogen-bond acceptors (Lipinski definition) is 3. The summed E-state index contributed by atoms with van der Waals surface area (Å²) < 4.78 is 5.40. The third kappa shape index (κ3) is 1.64. The Balaban J connectivity index is 2.07. The van der Waals surface area contributed by atoms with Gasteiger partial charge in [0.2, 0.25) is 0 Å². The second-order valence-electron chi connectivity index (χ2n) is 6.57. The molecule has 98 valence electrons. The number of aliphatic hydroxyl groups is 1. The Kier molecular flexibility index (Phi) is 2.46. The number of aliphatic hydroxyl groups excluding tert-OH is 1. The van der Waals surface area contributed by atoms with E-state index in [0.29, 0.717) is 12.3 Å². The van der Waals surface area contributed by atoms with Crippen LogP contribution in [0.25, 0.3) is 0 Å². The molecule has 18 heavy (non-hydrogen) atoms. The van der Waals surface area contributed by atoms with Crippen LogP contribution in [-0.2, 0) is 9.53 Å². The zero-order valence-corrected chi connectivity index (χ0v) is 11.1. The molecule has 0 aromatic heterocycles. The number of fused-ring (bicyclic) bond motifs is 2. The average Bonchev–Trinajstić information content (AvgIpc) is 2.63. The van der Waals surface area contributed by atoms with E-state index in [1.807, 2.05) is 0 Å². The Hall–Kier alpha value is -1.09. The summed E-state index contributed by atoms with van der Waals surface area (Å²) in [6.07, 6.45) is 4.66. The van der Waals surface area contributed by atoms with Gasteiger partial charge in [0, 0.05) is 17.6 Å². The second-order valence-corrected chi connectivity index (χ2v) is 6.57. The van der Waals surface area contributed by atoms with E-state index in [-0.39, 0.29) is 23.4 Å². The van der Waals surface area contributed by atoms with Crippen molar-refractivity contribution in [3.05, 3.63) is 23.3 Å². The quantitative estimate of drug-likeness (QED) is 0.528. The van der Waals surface area contributed by atoms with Crippen LogP contribution in [0.1, 0.15) is 33.6 Å². The average molecular weight is 248 g/mol. The first-order chi connectivity index (χ1) is 8.38. The molecule has 1 saturated carbocycles. The highest BCUT2D eigenvalue weighted by molar-refractivity contribution is 5.86. The molecular weight excluding hydrogens is 228 g/mol. The molecule has 1 heterocycles. The lowest BCUT2D eigenvalue weighted by molar-refractivity contribution is -0.141. The van der Waals surface area contributed by atoms with E-state index in [0.717, 1.165) is 12.0 Å². The van der Waals surface area contributed by atoms with E-state index >= 15 is 0 Å². The molecule has 0 radical (unpaired) electrons. The van der Waals surface area contributed by atoms with E-state index in [2.05, 4.69) is 26.8 Å². The van der Waals surface area contributed by atoms with Crippen molar-refractivity contribution in [2.45, 2.75) is 45.8 Å². The van der Waals surface area contributed by atoms with Gasteiger partial charge in [-0.3, -0.25) is 0 Å². The molecule has 0 saturated heterocycles. The molecule has 0 spiro atoms. The van der Waals surface area contributed by atoms with Crippen LogP contribution in [0.4, 0.5) is 0 Å². The van der Waals surface area contributed by atoms with E-state index in [1.54, 1.807) is 0 Å². The molecule has 2 bridgehead atoms. The summed E-state index contributed by atoms with van der Waals surface area (Å²) in [5, 5.41) is 10.3. The molecular formula is C15H20O3. The molecule has 1 fully saturated rings. The fraction of sp³-hybridized carbons (Fsp3) is 0.667. The first-order valence-corrected chi connectivity index (χ1v) is 6.67. The molecule has 0 unspecified atom stereocenters. The van der Waals surface area contributed by atoms with Crippen LogP contribution in [0, 0.1) is 17.3 Å². The molecule has 1 aliphatic heterocycles. The molecule has 0 aromatic carbocycles. The largest absolute Gasteiger partial charge is 0.454 e. The summed E-state index contributed by atoms with van der Waals surface area (Å²) in [6.45, 7) is 6.63. The number of esters is 1. The Morgan fingerprint density at radius 1 is 1.44 bits per heavy atom. The molecule has 0 amide bonds. The predicted molar refractivity (Wildman–Crippen MR) is 67.7 cm³/mol. The maximum Gasteiger partial charge on any atom is 0.331 e. The maximum atomic E-state index is 11.5. The highest BCUT2D eigenvalue weighted by Gasteiger charge is 2.47. The van der Waals surface area contributed by atoms with E-state index < -0.39 is 6.10 Å². The SMILES string of the molecule is CC1=C[C@@H]2CC(C)(C)[C@H]1C[C@@H](O)C1=CC(=O)O[C@H]12. The van der Waals surface area contributed by atoms with Crippen molar-refractivity contribution in [1.82, 2.24) is 0 Å². The second kappa shape index (κ2) is 3.70. The minimum absolute atomic E-state index is 0.158. The highest BCUT2D eigenvalue weighted by atomic mass is 16.5. The summed E-state index contributed by atoms with van der Waals surface area (Å²) >= 11 is 0. The van der Waals surface area contributed by atoms with Crippen molar-refractivity contribution in [2.24, 2.45) is 17.3 Å². The molecule has 1 N–H and O–H groups in total. The summed E-state index contributed by atoms with van der Waals surface area (Å²) in [5.74, 6) is 0.300. The minimum Gasteiger partial charge on any atom is -0.454 e. The number of allylic oxidation sites excluding steroid dienone is 1. The smallest absolute Gasteiger partial charge is 0.331 e. The molecule has 4 rings (SSSR count). The number of ether oxygens (including phenoxy) is 1. The number of hydrogen-bond donors (Lipinski definition) is 1. The monoisotopic (exact) mass is 248 g/mol. The van der Waals surface area contributed by atoms with Crippen molar-refractivity contribution in [3.8, 4) is 0 Å². The minimum atomic E-state index is -0.544. The topological polar surface area (TPSA) is 46.5 Å². The normalized spacial score (nSPS) is 41.4. The number of carbonyl (C=O) groups excluding carboxylic acids is 1. The standard InChI is InChI=1S/C15H20O3/c1-8-4-9-7-15(2,3)11(8)6-12(16)10-5-13(17)18-14(9)10/h4-5,9,11-12,14,16H,6-7H2,1-3H3/t9-,11+,12-,14+/m1/s1. The lowest BCUT2D eigenvalue weighted by Gasteiger charge is -2.46. The van der Waals surface area contributed by atoms with Crippen LogP contribution in [-0.4, -0.2) is 23.3 Å². The van der Waals surface area contributed by atoms with Crippen LogP contribution < -0.4 is 0 Å². The maximum absolute atomic E-state index is 11.5. The Labute approximate surface area is 108 Å². The van der Waals surface area contributed by atoms with Gasteiger partial charge in [-0.15, -0.1) is 0 Å². The number of rotatable bonds is 0. The lowest BCUT2D eigenvalue weighted by Crippen LogP contribution is -2.43. The van der Waals surface area contributed by atoms with Crippen molar-refractivity contribution in [2.75, 3.05) is 0 Å². The number of carbonyl (C=O) groups is 1. The highest BCUT2D eigenvalue weighted by Crippen LogP contribution is 2.51.